The zero-order valence-electron chi connectivity index (χ0n) is 24.7. The van der Waals surface area contributed by atoms with Gasteiger partial charge in [-0.25, -0.2) is 4.79 Å². The van der Waals surface area contributed by atoms with Gasteiger partial charge in [0.25, 0.3) is 11.8 Å². The third-order valence-electron chi connectivity index (χ3n) is 6.43. The van der Waals surface area contributed by atoms with Crippen molar-refractivity contribution in [2.45, 2.75) is 65.4 Å². The molecular weight excluding hydrogens is 526 g/mol. The maximum absolute atomic E-state index is 13.7. The number of esters is 1. The molecule has 1 aliphatic heterocycles. The standard InChI is InChI=1S/C31H41N3O7/c1-6-40-28(36)17-19-33-21-27(35)34(23-12-14-24(39-5)15-13-23)26-16-11-22(20-25(26)29(33)37)10-8-7-9-18-32-30(38)41-31(2,3)4/h11-16,20H,6-10,17-19,21H2,1-5H3,(H,32,38). The highest BCUT2D eigenvalue weighted by Gasteiger charge is 2.33. The lowest BCUT2D eigenvalue weighted by atomic mass is 10.0. The average Bonchev–Trinajstić information content (AvgIpc) is 3.02. The van der Waals surface area contributed by atoms with Crippen molar-refractivity contribution in [3.05, 3.63) is 53.6 Å². The van der Waals surface area contributed by atoms with E-state index in [1.54, 1.807) is 43.2 Å². The van der Waals surface area contributed by atoms with Crippen LogP contribution in [0.1, 0.15) is 69.3 Å². The fourth-order valence-corrected chi connectivity index (χ4v) is 4.51. The molecule has 222 valence electrons. The van der Waals surface area contributed by atoms with Gasteiger partial charge < -0.3 is 24.4 Å². The van der Waals surface area contributed by atoms with E-state index < -0.39 is 17.7 Å². The second-order valence-electron chi connectivity index (χ2n) is 10.8. The van der Waals surface area contributed by atoms with E-state index in [9.17, 15) is 19.2 Å². The topological polar surface area (TPSA) is 114 Å². The summed E-state index contributed by atoms with van der Waals surface area (Å²) in [5.74, 6) is -0.354. The van der Waals surface area contributed by atoms with Crippen LogP contribution in [-0.2, 0) is 25.5 Å². The number of hydrogen-bond donors (Lipinski definition) is 1. The Bertz CT molecular complexity index is 1220. The first-order chi connectivity index (χ1) is 19.5. The van der Waals surface area contributed by atoms with Gasteiger partial charge in [0.15, 0.2) is 0 Å². The number of benzene rings is 2. The van der Waals surface area contributed by atoms with Crippen LogP contribution in [0.4, 0.5) is 16.2 Å². The van der Waals surface area contributed by atoms with Gasteiger partial charge in [-0.2, -0.15) is 0 Å². The smallest absolute Gasteiger partial charge is 0.407 e. The quantitative estimate of drug-likeness (QED) is 0.283. The minimum atomic E-state index is -0.533. The maximum Gasteiger partial charge on any atom is 0.407 e. The van der Waals surface area contributed by atoms with Crippen LogP contribution < -0.4 is 15.0 Å². The predicted molar refractivity (Wildman–Crippen MR) is 156 cm³/mol. The van der Waals surface area contributed by atoms with Crippen molar-refractivity contribution in [3.63, 3.8) is 0 Å². The van der Waals surface area contributed by atoms with Gasteiger partial charge in [-0.1, -0.05) is 12.5 Å². The molecule has 2 aromatic rings. The molecule has 1 N–H and O–H groups in total. The summed E-state index contributed by atoms with van der Waals surface area (Å²) in [6.45, 7) is 7.87. The minimum absolute atomic E-state index is 0.00174. The lowest BCUT2D eigenvalue weighted by Gasteiger charge is -2.23. The molecule has 0 unspecified atom stereocenters. The van der Waals surface area contributed by atoms with Gasteiger partial charge in [-0.3, -0.25) is 19.3 Å². The highest BCUT2D eigenvalue weighted by molar-refractivity contribution is 6.13. The third-order valence-corrected chi connectivity index (χ3v) is 6.43. The minimum Gasteiger partial charge on any atom is -0.497 e. The Labute approximate surface area is 241 Å². The van der Waals surface area contributed by atoms with Crippen molar-refractivity contribution in [2.75, 3.05) is 38.3 Å². The average molecular weight is 568 g/mol. The number of nitrogens with one attached hydrogen (secondary N) is 1. The lowest BCUT2D eigenvalue weighted by Crippen LogP contribution is -2.38. The molecule has 0 saturated heterocycles. The number of rotatable bonds is 12. The monoisotopic (exact) mass is 567 g/mol. The molecule has 1 heterocycles. The van der Waals surface area contributed by atoms with E-state index in [-0.39, 0.29) is 37.9 Å². The number of unbranched alkanes of at least 4 members (excludes halogenated alkanes) is 2. The van der Waals surface area contributed by atoms with E-state index in [0.29, 0.717) is 29.2 Å². The van der Waals surface area contributed by atoms with Crippen LogP contribution in [0, 0.1) is 0 Å². The van der Waals surface area contributed by atoms with Crippen LogP contribution in [0.25, 0.3) is 0 Å². The second kappa shape index (κ2) is 14.5. The number of carbonyl (C=O) groups excluding carboxylic acids is 4. The fraction of sp³-hybridized carbons (Fsp3) is 0.484. The van der Waals surface area contributed by atoms with Crippen LogP contribution >= 0.6 is 0 Å². The molecule has 3 rings (SSSR count). The molecule has 1 aliphatic rings. The van der Waals surface area contributed by atoms with Crippen LogP contribution in [0.15, 0.2) is 42.5 Å². The third kappa shape index (κ3) is 9.23. The molecule has 2 aromatic carbocycles. The Balaban J connectivity index is 1.75. The SMILES string of the molecule is CCOC(=O)CCN1CC(=O)N(c2ccc(OC)cc2)c2ccc(CCCCCNC(=O)OC(C)(C)C)cc2C1=O. The van der Waals surface area contributed by atoms with Gasteiger partial charge >= 0.3 is 12.1 Å². The first-order valence-corrected chi connectivity index (χ1v) is 14.0. The van der Waals surface area contributed by atoms with E-state index in [0.717, 1.165) is 31.2 Å². The first kappa shape index (κ1) is 31.4. The molecule has 41 heavy (non-hydrogen) atoms. The molecule has 0 fully saturated rings. The number of carbonyl (C=O) groups is 4. The molecule has 10 nitrogen and oxygen atoms in total. The summed E-state index contributed by atoms with van der Waals surface area (Å²) in [4.78, 5) is 53.9. The number of amides is 3. The number of aryl methyl sites for hydroxylation is 1. The Morgan fingerprint density at radius 3 is 2.39 bits per heavy atom. The fourth-order valence-electron chi connectivity index (χ4n) is 4.51. The number of hydrogen-bond acceptors (Lipinski definition) is 7. The van der Waals surface area contributed by atoms with Gasteiger partial charge in [0.2, 0.25) is 0 Å². The van der Waals surface area contributed by atoms with Crippen LogP contribution in [0.2, 0.25) is 0 Å². The molecular formula is C31H41N3O7. The van der Waals surface area contributed by atoms with Crippen molar-refractivity contribution >= 4 is 35.3 Å². The summed E-state index contributed by atoms with van der Waals surface area (Å²) in [5.41, 5.74) is 1.94. The Morgan fingerprint density at radius 1 is 1.00 bits per heavy atom. The van der Waals surface area contributed by atoms with Gasteiger partial charge in [-0.05, 0) is 88.9 Å². The maximum atomic E-state index is 13.7. The predicted octanol–water partition coefficient (Wildman–Crippen LogP) is 5.01. The molecule has 0 spiro atoms. The van der Waals surface area contributed by atoms with Crippen molar-refractivity contribution in [1.82, 2.24) is 10.2 Å². The molecule has 0 bridgehead atoms. The van der Waals surface area contributed by atoms with Gasteiger partial charge in [0.05, 0.1) is 31.4 Å². The highest BCUT2D eigenvalue weighted by atomic mass is 16.6. The Morgan fingerprint density at radius 2 is 1.73 bits per heavy atom. The van der Waals surface area contributed by atoms with Gasteiger partial charge in [0, 0.05) is 18.8 Å². The summed E-state index contributed by atoms with van der Waals surface area (Å²) >= 11 is 0. The molecule has 3 amide bonds. The zero-order valence-corrected chi connectivity index (χ0v) is 24.7. The normalized spacial score (nSPS) is 13.4. The van der Waals surface area contributed by atoms with E-state index in [1.807, 2.05) is 39.0 Å². The molecule has 0 aliphatic carbocycles. The molecule has 0 saturated carbocycles. The first-order valence-electron chi connectivity index (χ1n) is 14.0. The largest absolute Gasteiger partial charge is 0.497 e. The highest BCUT2D eigenvalue weighted by Crippen LogP contribution is 2.34. The van der Waals surface area contributed by atoms with Crippen molar-refractivity contribution in [3.8, 4) is 5.75 Å². The summed E-state index contributed by atoms with van der Waals surface area (Å²) in [6.07, 6.45) is 2.84. The van der Waals surface area contributed by atoms with Crippen molar-refractivity contribution in [2.24, 2.45) is 0 Å². The van der Waals surface area contributed by atoms with Gasteiger partial charge in [-0.15, -0.1) is 0 Å². The summed E-state index contributed by atoms with van der Waals surface area (Å²) < 4.78 is 15.5. The second-order valence-corrected chi connectivity index (χ2v) is 10.8. The van der Waals surface area contributed by atoms with Gasteiger partial charge in [0.1, 0.15) is 17.9 Å². The molecule has 0 radical (unpaired) electrons. The summed E-state index contributed by atoms with van der Waals surface area (Å²) in [5, 5.41) is 2.77. The number of alkyl carbamates (subject to hydrolysis) is 1. The van der Waals surface area contributed by atoms with E-state index >= 15 is 0 Å². The number of nitrogens with zero attached hydrogens (tertiary/aromatic N) is 2. The summed E-state index contributed by atoms with van der Waals surface area (Å²) in [6, 6.07) is 12.7. The van der Waals surface area contributed by atoms with E-state index in [1.165, 1.54) is 4.90 Å². The molecule has 0 aromatic heterocycles. The van der Waals surface area contributed by atoms with E-state index in [4.69, 9.17) is 14.2 Å². The molecule has 0 atom stereocenters. The number of methoxy groups -OCH3 is 1. The van der Waals surface area contributed by atoms with E-state index in [2.05, 4.69) is 5.32 Å². The van der Waals surface area contributed by atoms with Crippen molar-refractivity contribution in [1.29, 1.82) is 0 Å². The lowest BCUT2D eigenvalue weighted by molar-refractivity contribution is -0.143. The van der Waals surface area contributed by atoms with Crippen LogP contribution in [0.3, 0.4) is 0 Å². The Kier molecular flexibility index (Phi) is 11.1. The Hall–Kier alpha value is -4.08. The zero-order chi connectivity index (χ0) is 30.0. The van der Waals surface area contributed by atoms with Crippen LogP contribution in [0.5, 0.6) is 5.75 Å². The number of fused-ring (bicyclic) bond motifs is 1. The van der Waals surface area contributed by atoms with Crippen molar-refractivity contribution < 1.29 is 33.4 Å². The number of anilines is 2. The van der Waals surface area contributed by atoms with Crippen LogP contribution in [-0.4, -0.2) is 67.7 Å². The molecule has 10 heteroatoms. The number of ether oxygens (including phenoxy) is 3. The summed E-state index contributed by atoms with van der Waals surface area (Å²) in [7, 11) is 1.57.